The molecule has 2 aromatic carbocycles. The van der Waals surface area contributed by atoms with Crippen LogP contribution in [0.3, 0.4) is 0 Å². The quantitative estimate of drug-likeness (QED) is 0.548. The number of anilines is 1. The van der Waals surface area contributed by atoms with Crippen LogP contribution in [0.4, 0.5) is 5.69 Å². The van der Waals surface area contributed by atoms with Crippen molar-refractivity contribution < 1.29 is 13.9 Å². The van der Waals surface area contributed by atoms with Crippen molar-refractivity contribution in [1.82, 2.24) is 0 Å². The molecule has 0 saturated carbocycles. The van der Waals surface area contributed by atoms with Gasteiger partial charge in [-0.1, -0.05) is 30.3 Å². The molecule has 24 heavy (non-hydrogen) atoms. The van der Waals surface area contributed by atoms with Crippen LogP contribution in [-0.2, 0) is 10.5 Å². The van der Waals surface area contributed by atoms with E-state index in [9.17, 15) is 4.79 Å². The van der Waals surface area contributed by atoms with E-state index in [-0.39, 0.29) is 12.7 Å². The Kier molecular flexibility index (Phi) is 4.01. The third-order valence-electron chi connectivity index (χ3n) is 3.92. The smallest absolute Gasteiger partial charge is 0.342 e. The first-order chi connectivity index (χ1) is 11.8. The van der Waals surface area contributed by atoms with Gasteiger partial charge in [0, 0.05) is 21.8 Å². The highest BCUT2D eigenvalue weighted by molar-refractivity contribution is 7.98. The average Bonchev–Trinajstić information content (AvgIpc) is 3.15. The molecule has 5 heteroatoms. The topological polar surface area (TPSA) is 51.5 Å². The van der Waals surface area contributed by atoms with Gasteiger partial charge in [0.05, 0.1) is 23.8 Å². The van der Waals surface area contributed by atoms with Crippen molar-refractivity contribution in [3.8, 4) is 11.1 Å². The normalized spacial score (nSPS) is 13.1. The van der Waals surface area contributed by atoms with Gasteiger partial charge < -0.3 is 14.5 Å². The Labute approximate surface area is 143 Å². The van der Waals surface area contributed by atoms with Crippen molar-refractivity contribution in [3.05, 3.63) is 72.2 Å². The summed E-state index contributed by atoms with van der Waals surface area (Å²) in [6.45, 7) is 0.186. The average molecular weight is 337 g/mol. The molecule has 0 saturated heterocycles. The highest BCUT2D eigenvalue weighted by Crippen LogP contribution is 2.37. The van der Waals surface area contributed by atoms with Crippen molar-refractivity contribution in [2.24, 2.45) is 0 Å². The van der Waals surface area contributed by atoms with Crippen LogP contribution in [0.15, 0.2) is 70.4 Å². The number of nitrogens with one attached hydrogen (secondary N) is 1. The largest absolute Gasteiger partial charge is 0.472 e. The number of carbonyl (C=O) groups excluding carboxylic acids is 1. The molecule has 0 aliphatic carbocycles. The Morgan fingerprint density at radius 3 is 2.75 bits per heavy atom. The molecular weight excluding hydrogens is 322 g/mol. The van der Waals surface area contributed by atoms with Crippen molar-refractivity contribution in [2.45, 2.75) is 10.6 Å². The summed E-state index contributed by atoms with van der Waals surface area (Å²) in [4.78, 5) is 13.5. The molecule has 1 aliphatic heterocycles. The van der Waals surface area contributed by atoms with Crippen LogP contribution in [-0.4, -0.2) is 12.7 Å². The maximum absolute atomic E-state index is 12.3. The Balaban J connectivity index is 1.71. The van der Waals surface area contributed by atoms with Gasteiger partial charge in [-0.25, -0.2) is 4.79 Å². The number of benzene rings is 2. The van der Waals surface area contributed by atoms with Crippen LogP contribution in [0.2, 0.25) is 0 Å². The zero-order chi connectivity index (χ0) is 16.4. The van der Waals surface area contributed by atoms with Crippen LogP contribution in [0, 0.1) is 0 Å². The number of furan rings is 1. The van der Waals surface area contributed by atoms with Gasteiger partial charge in [0.25, 0.3) is 0 Å². The minimum Gasteiger partial charge on any atom is -0.472 e. The number of carbonyl (C=O) groups is 1. The second-order valence-corrected chi connectivity index (χ2v) is 6.44. The molecular formula is C19H15NO3S. The van der Waals surface area contributed by atoms with Gasteiger partial charge >= 0.3 is 5.97 Å². The van der Waals surface area contributed by atoms with E-state index >= 15 is 0 Å². The predicted octanol–water partition coefficient (Wildman–Crippen LogP) is 4.78. The lowest BCUT2D eigenvalue weighted by atomic mass is 9.97. The van der Waals surface area contributed by atoms with Crippen LogP contribution in [0.25, 0.3) is 11.1 Å². The van der Waals surface area contributed by atoms with Crippen LogP contribution in [0.5, 0.6) is 0 Å². The second kappa shape index (κ2) is 6.45. The first-order valence-corrected chi connectivity index (χ1v) is 8.59. The van der Waals surface area contributed by atoms with E-state index < -0.39 is 0 Å². The van der Waals surface area contributed by atoms with Crippen molar-refractivity contribution >= 4 is 23.4 Å². The number of thioether (sulfide) groups is 1. The predicted molar refractivity (Wildman–Crippen MR) is 94.1 cm³/mol. The zero-order valence-corrected chi connectivity index (χ0v) is 13.6. The molecule has 0 atom stereocenters. The molecule has 2 heterocycles. The molecule has 0 amide bonds. The van der Waals surface area contributed by atoms with E-state index in [1.54, 1.807) is 24.3 Å². The number of ether oxygens (including phenoxy) is 1. The molecule has 0 spiro atoms. The summed E-state index contributed by atoms with van der Waals surface area (Å²) >= 11 is 1.70. The lowest BCUT2D eigenvalue weighted by Gasteiger charge is -2.23. The van der Waals surface area contributed by atoms with Crippen molar-refractivity contribution in [3.63, 3.8) is 0 Å². The SMILES string of the molecule is O=C1OCNc2c(-c3ccoc3)ccc(CSc3ccccc3)c21. The number of hydrogen-bond acceptors (Lipinski definition) is 5. The maximum Gasteiger partial charge on any atom is 0.342 e. The Hall–Kier alpha value is -2.66. The van der Waals surface area contributed by atoms with Gasteiger partial charge in [0.1, 0.15) is 0 Å². The Morgan fingerprint density at radius 1 is 1.08 bits per heavy atom. The van der Waals surface area contributed by atoms with Gasteiger partial charge in [-0.15, -0.1) is 11.8 Å². The van der Waals surface area contributed by atoms with E-state index in [1.807, 2.05) is 36.4 Å². The fourth-order valence-corrected chi connectivity index (χ4v) is 3.68. The highest BCUT2D eigenvalue weighted by atomic mass is 32.2. The minimum atomic E-state index is -0.280. The minimum absolute atomic E-state index is 0.186. The second-order valence-electron chi connectivity index (χ2n) is 5.39. The van der Waals surface area contributed by atoms with Crippen LogP contribution >= 0.6 is 11.8 Å². The first kappa shape index (κ1) is 14.9. The van der Waals surface area contributed by atoms with Gasteiger partial charge in [0.2, 0.25) is 0 Å². The molecule has 120 valence electrons. The third-order valence-corrected chi connectivity index (χ3v) is 4.98. The summed E-state index contributed by atoms with van der Waals surface area (Å²) in [6.07, 6.45) is 3.30. The van der Waals surface area contributed by atoms with Crippen molar-refractivity contribution in [1.29, 1.82) is 0 Å². The lowest BCUT2D eigenvalue weighted by Crippen LogP contribution is -2.23. The summed E-state index contributed by atoms with van der Waals surface area (Å²) in [5.74, 6) is 0.423. The molecule has 1 aliphatic rings. The van der Waals surface area contributed by atoms with E-state index in [0.717, 1.165) is 22.4 Å². The summed E-state index contributed by atoms with van der Waals surface area (Å²) in [6, 6.07) is 16.0. The van der Waals surface area contributed by atoms with Crippen LogP contribution < -0.4 is 5.32 Å². The van der Waals surface area contributed by atoms with Gasteiger partial charge in [-0.3, -0.25) is 0 Å². The summed E-state index contributed by atoms with van der Waals surface area (Å²) < 4.78 is 10.4. The fraction of sp³-hybridized carbons (Fsp3) is 0.105. The highest BCUT2D eigenvalue weighted by Gasteiger charge is 2.25. The molecule has 1 aromatic heterocycles. The van der Waals surface area contributed by atoms with E-state index in [4.69, 9.17) is 9.15 Å². The summed E-state index contributed by atoms with van der Waals surface area (Å²) in [5, 5.41) is 3.19. The standard InChI is InChI=1S/C19H15NO3S/c21-19-17-14(11-24-15-4-2-1-3-5-15)6-7-16(13-8-9-22-10-13)18(17)20-12-23-19/h1-10,20H,11-12H2. The number of fused-ring (bicyclic) bond motifs is 1. The monoisotopic (exact) mass is 337 g/mol. The molecule has 0 radical (unpaired) electrons. The maximum atomic E-state index is 12.3. The lowest BCUT2D eigenvalue weighted by molar-refractivity contribution is 0.0517. The van der Waals surface area contributed by atoms with Gasteiger partial charge in [-0.2, -0.15) is 0 Å². The zero-order valence-electron chi connectivity index (χ0n) is 12.8. The Morgan fingerprint density at radius 2 is 1.96 bits per heavy atom. The van der Waals surface area contributed by atoms with E-state index in [0.29, 0.717) is 11.3 Å². The number of hydrogen-bond donors (Lipinski definition) is 1. The number of esters is 1. The molecule has 0 bridgehead atoms. The summed E-state index contributed by atoms with van der Waals surface area (Å²) in [5.41, 5.74) is 4.28. The van der Waals surface area contributed by atoms with Gasteiger partial charge in [-0.05, 0) is 23.8 Å². The van der Waals surface area contributed by atoms with Gasteiger partial charge in [0.15, 0.2) is 6.73 Å². The first-order valence-electron chi connectivity index (χ1n) is 7.60. The Bertz CT molecular complexity index is 860. The third kappa shape index (κ3) is 2.78. The van der Waals surface area contributed by atoms with Crippen molar-refractivity contribution in [2.75, 3.05) is 12.0 Å². The fourth-order valence-electron chi connectivity index (χ4n) is 2.76. The van der Waals surface area contributed by atoms with E-state index in [1.165, 1.54) is 4.90 Å². The molecule has 4 rings (SSSR count). The molecule has 3 aromatic rings. The van der Waals surface area contributed by atoms with Crippen LogP contribution in [0.1, 0.15) is 15.9 Å². The molecule has 4 nitrogen and oxygen atoms in total. The molecule has 0 unspecified atom stereocenters. The number of rotatable bonds is 4. The molecule has 0 fully saturated rings. The van der Waals surface area contributed by atoms with E-state index in [2.05, 4.69) is 17.4 Å². The number of cyclic esters (lactones) is 1. The summed E-state index contributed by atoms with van der Waals surface area (Å²) in [7, 11) is 0. The molecule has 1 N–H and O–H groups in total.